The molecule has 0 radical (unpaired) electrons. The molecule has 2 rings (SSSR count). The van der Waals surface area contributed by atoms with Crippen molar-refractivity contribution in [3.05, 3.63) is 0 Å². The summed E-state index contributed by atoms with van der Waals surface area (Å²) in [7, 11) is 0. The maximum Gasteiger partial charge on any atom is 0.171 e. The molecule has 2 N–H and O–H groups in total. The number of aliphatic hydroxyl groups is 1. The van der Waals surface area contributed by atoms with Gasteiger partial charge in [-0.1, -0.05) is 6.92 Å². The van der Waals surface area contributed by atoms with Gasteiger partial charge in [-0.3, -0.25) is 0 Å². The van der Waals surface area contributed by atoms with Gasteiger partial charge in [0.2, 0.25) is 0 Å². The molecule has 0 saturated carbocycles. The van der Waals surface area contributed by atoms with Gasteiger partial charge in [-0.15, -0.1) is 0 Å². The molecule has 5 heteroatoms. The molecule has 0 aromatic carbocycles. The second-order valence-corrected chi connectivity index (χ2v) is 7.79. The van der Waals surface area contributed by atoms with Gasteiger partial charge in [0.05, 0.1) is 19.8 Å². The first-order chi connectivity index (χ1) is 9.10. The minimum absolute atomic E-state index is 0.0818. The lowest BCUT2D eigenvalue weighted by molar-refractivity contribution is -0.375. The molecule has 0 unspecified atom stereocenters. The first-order valence-electron chi connectivity index (χ1n) is 7.48. The van der Waals surface area contributed by atoms with Gasteiger partial charge in [0.15, 0.2) is 5.79 Å². The highest BCUT2D eigenvalue weighted by Gasteiger charge is 2.56. The fraction of sp³-hybridized carbons (Fsp3) is 1.00. The van der Waals surface area contributed by atoms with E-state index in [2.05, 4.69) is 0 Å². The van der Waals surface area contributed by atoms with Crippen LogP contribution in [0.2, 0.25) is 0 Å². The molecule has 0 aliphatic carbocycles. The monoisotopic (exact) mass is 287 g/mol. The third-order valence-corrected chi connectivity index (χ3v) is 4.92. The minimum atomic E-state index is -0.653. The zero-order chi connectivity index (χ0) is 15.2. The molecule has 0 amide bonds. The summed E-state index contributed by atoms with van der Waals surface area (Å²) in [5.41, 5.74) is -1.10. The van der Waals surface area contributed by atoms with Gasteiger partial charge in [0.25, 0.3) is 0 Å². The summed E-state index contributed by atoms with van der Waals surface area (Å²) in [6, 6.07) is 0. The molecule has 1 spiro atoms. The quantitative estimate of drug-likeness (QED) is 0.815. The summed E-state index contributed by atoms with van der Waals surface area (Å²) in [6.45, 7) is 11.1. The lowest BCUT2D eigenvalue weighted by Gasteiger charge is -2.58. The largest absolute Gasteiger partial charge is 0.396 e. The Morgan fingerprint density at radius 2 is 1.45 bits per heavy atom. The molecule has 0 bridgehead atoms. The van der Waals surface area contributed by atoms with Crippen molar-refractivity contribution < 1.29 is 19.8 Å². The summed E-state index contributed by atoms with van der Waals surface area (Å²) in [5, 5.41) is 21.3. The average Bonchev–Trinajstić information content (AvgIpc) is 2.37. The maximum absolute atomic E-state index is 10.4. The third-order valence-electron chi connectivity index (χ3n) is 4.92. The number of aliphatic hydroxyl groups excluding tert-OH is 1. The van der Waals surface area contributed by atoms with Crippen molar-refractivity contribution in [1.29, 1.82) is 0 Å². The first kappa shape index (κ1) is 16.2. The van der Waals surface area contributed by atoms with E-state index in [9.17, 15) is 10.3 Å². The molecule has 0 aromatic rings. The van der Waals surface area contributed by atoms with Crippen molar-refractivity contribution in [2.24, 2.45) is 5.41 Å². The molecule has 2 saturated heterocycles. The summed E-state index contributed by atoms with van der Waals surface area (Å²) >= 11 is 0. The zero-order valence-electron chi connectivity index (χ0n) is 13.4. The molecule has 2 fully saturated rings. The van der Waals surface area contributed by atoms with Crippen LogP contribution in [0.1, 0.15) is 53.9 Å². The van der Waals surface area contributed by atoms with Crippen molar-refractivity contribution in [2.45, 2.75) is 70.7 Å². The topological polar surface area (TPSA) is 62.2 Å². The van der Waals surface area contributed by atoms with Gasteiger partial charge in [-0.2, -0.15) is 5.06 Å². The Morgan fingerprint density at radius 1 is 1.00 bits per heavy atom. The fourth-order valence-electron chi connectivity index (χ4n) is 3.61. The minimum Gasteiger partial charge on any atom is -0.396 e. The predicted molar refractivity (Wildman–Crippen MR) is 75.5 cm³/mol. The van der Waals surface area contributed by atoms with E-state index in [1.165, 1.54) is 5.06 Å². The highest BCUT2D eigenvalue weighted by Crippen LogP contribution is 2.47. The normalized spacial score (nSPS) is 31.4. The van der Waals surface area contributed by atoms with Crippen LogP contribution in [0.25, 0.3) is 0 Å². The number of hydrogen-bond acceptors (Lipinski definition) is 5. The Labute approximate surface area is 121 Å². The van der Waals surface area contributed by atoms with Crippen LogP contribution in [0.15, 0.2) is 0 Å². The second-order valence-electron chi connectivity index (χ2n) is 7.79. The summed E-state index contributed by atoms with van der Waals surface area (Å²) in [6.07, 6.45) is 2.06. The SMILES string of the molecule is CCC1(CO)COC2(CC(C)(C)N(O)C(C)(C)C2)OC1. The average molecular weight is 287 g/mol. The van der Waals surface area contributed by atoms with Gasteiger partial charge >= 0.3 is 0 Å². The van der Waals surface area contributed by atoms with Crippen molar-refractivity contribution in [1.82, 2.24) is 5.06 Å². The molecular weight excluding hydrogens is 258 g/mol. The number of hydroxylamine groups is 2. The van der Waals surface area contributed by atoms with Crippen molar-refractivity contribution >= 4 is 0 Å². The molecular formula is C15H29NO4. The number of nitrogens with zero attached hydrogens (tertiary/aromatic N) is 1. The van der Waals surface area contributed by atoms with Crippen LogP contribution >= 0.6 is 0 Å². The summed E-state index contributed by atoms with van der Waals surface area (Å²) < 4.78 is 12.2. The predicted octanol–water partition coefficient (Wildman–Crippen LogP) is 2.16. The van der Waals surface area contributed by atoms with E-state index in [4.69, 9.17) is 9.47 Å². The van der Waals surface area contributed by atoms with E-state index >= 15 is 0 Å². The van der Waals surface area contributed by atoms with E-state index in [1.54, 1.807) is 0 Å². The molecule has 2 aliphatic rings. The van der Waals surface area contributed by atoms with Crippen LogP contribution in [0, 0.1) is 5.41 Å². The maximum atomic E-state index is 10.4. The number of piperidine rings is 1. The first-order valence-corrected chi connectivity index (χ1v) is 7.48. The van der Waals surface area contributed by atoms with Crippen molar-refractivity contribution in [2.75, 3.05) is 19.8 Å². The van der Waals surface area contributed by atoms with Crippen LogP contribution in [0.4, 0.5) is 0 Å². The van der Waals surface area contributed by atoms with E-state index in [1.807, 2.05) is 34.6 Å². The van der Waals surface area contributed by atoms with Crippen LogP contribution in [0.3, 0.4) is 0 Å². The second kappa shape index (κ2) is 4.92. The van der Waals surface area contributed by atoms with E-state index in [-0.39, 0.29) is 12.0 Å². The van der Waals surface area contributed by atoms with Gasteiger partial charge in [-0.05, 0) is 34.1 Å². The lowest BCUT2D eigenvalue weighted by atomic mass is 9.76. The Balaban J connectivity index is 2.18. The number of hydrogen-bond donors (Lipinski definition) is 2. The van der Waals surface area contributed by atoms with Gasteiger partial charge in [0, 0.05) is 29.3 Å². The number of ether oxygens (including phenoxy) is 2. The molecule has 0 atom stereocenters. The Bertz CT molecular complexity index is 333. The van der Waals surface area contributed by atoms with Gasteiger partial charge in [-0.25, -0.2) is 0 Å². The Kier molecular flexibility index (Phi) is 3.98. The highest BCUT2D eigenvalue weighted by atomic mass is 16.7. The van der Waals surface area contributed by atoms with Gasteiger partial charge in [0.1, 0.15) is 0 Å². The third kappa shape index (κ3) is 2.62. The molecule has 20 heavy (non-hydrogen) atoms. The van der Waals surface area contributed by atoms with Crippen molar-refractivity contribution in [3.8, 4) is 0 Å². The summed E-state index contributed by atoms with van der Waals surface area (Å²) in [4.78, 5) is 0. The zero-order valence-corrected chi connectivity index (χ0v) is 13.4. The van der Waals surface area contributed by atoms with Crippen LogP contribution in [0.5, 0.6) is 0 Å². The van der Waals surface area contributed by atoms with E-state index < -0.39 is 16.9 Å². The molecule has 2 heterocycles. The van der Waals surface area contributed by atoms with Crippen molar-refractivity contribution in [3.63, 3.8) is 0 Å². The Morgan fingerprint density at radius 3 is 1.80 bits per heavy atom. The molecule has 0 aromatic heterocycles. The highest BCUT2D eigenvalue weighted by molar-refractivity contribution is 5.02. The fourth-order valence-corrected chi connectivity index (χ4v) is 3.61. The van der Waals surface area contributed by atoms with E-state index in [0.717, 1.165) is 6.42 Å². The molecule has 5 nitrogen and oxygen atoms in total. The van der Waals surface area contributed by atoms with Crippen LogP contribution in [-0.2, 0) is 9.47 Å². The lowest BCUT2D eigenvalue weighted by Crippen LogP contribution is -2.67. The van der Waals surface area contributed by atoms with Gasteiger partial charge < -0.3 is 19.8 Å². The Hall–Kier alpha value is -0.200. The van der Waals surface area contributed by atoms with Crippen LogP contribution in [-0.4, -0.2) is 52.1 Å². The number of rotatable bonds is 2. The smallest absolute Gasteiger partial charge is 0.171 e. The molecule has 118 valence electrons. The standard InChI is InChI=1S/C15H29NO4/c1-6-14(9-17)10-19-15(20-11-14)7-12(2,3)16(18)13(4,5)8-15/h17-18H,6-11H2,1-5H3. The van der Waals surface area contributed by atoms with E-state index in [0.29, 0.717) is 26.1 Å². The summed E-state index contributed by atoms with van der Waals surface area (Å²) in [5.74, 6) is -0.653. The van der Waals surface area contributed by atoms with Crippen LogP contribution < -0.4 is 0 Å². The molecule has 2 aliphatic heterocycles.